The van der Waals surface area contributed by atoms with Crippen LogP contribution >= 0.6 is 0 Å². The van der Waals surface area contributed by atoms with Gasteiger partial charge in [-0.1, -0.05) is 0 Å². The predicted molar refractivity (Wildman–Crippen MR) is 65.4 cm³/mol. The highest BCUT2D eigenvalue weighted by atomic mass is 16.5. The van der Waals surface area contributed by atoms with Gasteiger partial charge in [-0.05, 0) is 26.7 Å². The highest BCUT2D eigenvalue weighted by Crippen LogP contribution is 2.26. The minimum Gasteiger partial charge on any atom is -0.369 e. The molecule has 0 saturated carbocycles. The topological polar surface area (TPSA) is 58.8 Å². The second-order valence-corrected chi connectivity index (χ2v) is 5.16. The van der Waals surface area contributed by atoms with Crippen molar-refractivity contribution in [3.8, 4) is 0 Å². The predicted octanol–water partition coefficient (Wildman–Crippen LogP) is 0.00280. The van der Waals surface area contributed by atoms with E-state index in [-0.39, 0.29) is 24.7 Å². The van der Waals surface area contributed by atoms with E-state index in [1.54, 1.807) is 0 Å². The summed E-state index contributed by atoms with van der Waals surface area (Å²) in [6, 6.07) is 0.511. The largest absolute Gasteiger partial charge is 0.369 e. The first-order chi connectivity index (χ1) is 8.15. The number of carbonyl (C=O) groups is 1. The third-order valence-corrected chi connectivity index (χ3v) is 3.74. The van der Waals surface area contributed by atoms with Crippen LogP contribution in [0.3, 0.4) is 0 Å². The number of rotatable bonds is 3. The molecule has 0 aliphatic carbocycles. The molecule has 0 aromatic heterocycles. The number of carbonyl (C=O) groups excluding carboxylic acids is 1. The molecule has 2 N–H and O–H groups in total. The molecule has 1 amide bonds. The van der Waals surface area contributed by atoms with Crippen LogP contribution in [0.15, 0.2) is 0 Å². The maximum atomic E-state index is 12.0. The van der Waals surface area contributed by atoms with E-state index in [0.717, 1.165) is 19.4 Å². The van der Waals surface area contributed by atoms with E-state index in [1.165, 1.54) is 0 Å². The molecule has 2 fully saturated rings. The average Bonchev–Trinajstić information content (AvgIpc) is 2.77. The molecule has 0 aromatic rings. The van der Waals surface area contributed by atoms with Gasteiger partial charge in [-0.3, -0.25) is 9.69 Å². The van der Waals surface area contributed by atoms with Gasteiger partial charge in [0.15, 0.2) is 0 Å². The fourth-order valence-corrected chi connectivity index (χ4v) is 2.90. The summed E-state index contributed by atoms with van der Waals surface area (Å²) in [5.41, 5.74) is 5.75. The molecule has 0 spiro atoms. The Hall–Kier alpha value is -0.650. The Labute approximate surface area is 103 Å². The molecule has 5 nitrogen and oxygen atoms in total. The van der Waals surface area contributed by atoms with Crippen LogP contribution in [-0.2, 0) is 9.53 Å². The van der Waals surface area contributed by atoms with Crippen LogP contribution in [0.2, 0.25) is 0 Å². The molecule has 2 rings (SSSR count). The van der Waals surface area contributed by atoms with Crippen LogP contribution in [0.5, 0.6) is 0 Å². The average molecular weight is 241 g/mol. The summed E-state index contributed by atoms with van der Waals surface area (Å²) < 4.78 is 5.28. The summed E-state index contributed by atoms with van der Waals surface area (Å²) in [6.07, 6.45) is 2.44. The Morgan fingerprint density at radius 1 is 1.53 bits per heavy atom. The van der Waals surface area contributed by atoms with Gasteiger partial charge in [0.25, 0.3) is 0 Å². The minimum absolute atomic E-state index is 0.0422. The zero-order valence-corrected chi connectivity index (χ0v) is 10.8. The van der Waals surface area contributed by atoms with Gasteiger partial charge in [-0.25, -0.2) is 0 Å². The molecule has 2 saturated heterocycles. The van der Waals surface area contributed by atoms with Gasteiger partial charge < -0.3 is 15.4 Å². The van der Waals surface area contributed by atoms with Gasteiger partial charge in [0, 0.05) is 19.1 Å². The van der Waals surface area contributed by atoms with Crippen molar-refractivity contribution in [1.82, 2.24) is 9.80 Å². The number of morpholine rings is 1. The Morgan fingerprint density at radius 2 is 2.29 bits per heavy atom. The highest BCUT2D eigenvalue weighted by molar-refractivity contribution is 5.78. The van der Waals surface area contributed by atoms with Crippen LogP contribution in [0.1, 0.15) is 26.7 Å². The molecule has 0 aromatic carbocycles. The number of ether oxygens (including phenoxy) is 1. The minimum atomic E-state index is 0.0422. The molecular formula is C12H23N3O2. The van der Waals surface area contributed by atoms with Crippen LogP contribution in [0.4, 0.5) is 0 Å². The summed E-state index contributed by atoms with van der Waals surface area (Å²) in [5, 5.41) is 0. The van der Waals surface area contributed by atoms with Gasteiger partial charge in [0.1, 0.15) is 6.61 Å². The van der Waals surface area contributed by atoms with E-state index in [1.807, 2.05) is 4.90 Å². The SMILES string of the molecule is CC(C)N1CCCC1N1C(=O)COCC1CN. The smallest absolute Gasteiger partial charge is 0.250 e. The molecule has 0 radical (unpaired) electrons. The van der Waals surface area contributed by atoms with Gasteiger partial charge in [0.05, 0.1) is 18.8 Å². The zero-order chi connectivity index (χ0) is 12.4. The number of likely N-dealkylation sites (tertiary alicyclic amines) is 1. The van der Waals surface area contributed by atoms with Crippen molar-refractivity contribution in [1.29, 1.82) is 0 Å². The molecular weight excluding hydrogens is 218 g/mol. The molecule has 17 heavy (non-hydrogen) atoms. The third-order valence-electron chi connectivity index (χ3n) is 3.74. The standard InChI is InChI=1S/C12H23N3O2/c1-9(2)14-5-3-4-11(14)15-10(6-13)7-17-8-12(15)16/h9-11H,3-8,13H2,1-2H3. The molecule has 5 heteroatoms. The lowest BCUT2D eigenvalue weighted by Crippen LogP contribution is -2.60. The number of amides is 1. The first-order valence-corrected chi connectivity index (χ1v) is 6.50. The van der Waals surface area contributed by atoms with E-state index in [4.69, 9.17) is 10.5 Å². The summed E-state index contributed by atoms with van der Waals surface area (Å²) in [7, 11) is 0. The second-order valence-electron chi connectivity index (χ2n) is 5.16. The van der Waals surface area contributed by atoms with Crippen LogP contribution in [0, 0.1) is 0 Å². The fraction of sp³-hybridized carbons (Fsp3) is 0.917. The first kappa shape index (κ1) is 12.8. The number of hydrogen-bond acceptors (Lipinski definition) is 4. The summed E-state index contributed by atoms with van der Waals surface area (Å²) in [6.45, 7) is 6.70. The second kappa shape index (κ2) is 5.33. The Morgan fingerprint density at radius 3 is 2.94 bits per heavy atom. The van der Waals surface area contributed by atoms with Crippen molar-refractivity contribution >= 4 is 5.91 Å². The Kier molecular flexibility index (Phi) is 4.01. The molecule has 2 unspecified atom stereocenters. The molecule has 2 atom stereocenters. The summed E-state index contributed by atoms with van der Waals surface area (Å²) in [4.78, 5) is 16.4. The van der Waals surface area contributed by atoms with E-state index < -0.39 is 0 Å². The first-order valence-electron chi connectivity index (χ1n) is 6.50. The van der Waals surface area contributed by atoms with Crippen LogP contribution in [-0.4, -0.2) is 60.3 Å². The van der Waals surface area contributed by atoms with E-state index >= 15 is 0 Å². The van der Waals surface area contributed by atoms with Crippen LogP contribution in [0.25, 0.3) is 0 Å². The molecule has 2 aliphatic rings. The van der Waals surface area contributed by atoms with E-state index in [2.05, 4.69) is 18.7 Å². The molecule has 2 heterocycles. The Bertz CT molecular complexity index is 283. The van der Waals surface area contributed by atoms with Crippen molar-refractivity contribution in [2.75, 3.05) is 26.3 Å². The lowest BCUT2D eigenvalue weighted by atomic mass is 10.1. The van der Waals surface area contributed by atoms with Crippen molar-refractivity contribution < 1.29 is 9.53 Å². The lowest BCUT2D eigenvalue weighted by molar-refractivity contribution is -0.157. The molecule has 98 valence electrons. The zero-order valence-electron chi connectivity index (χ0n) is 10.8. The Balaban J connectivity index is 2.14. The normalized spacial score (nSPS) is 31.5. The van der Waals surface area contributed by atoms with Gasteiger partial charge in [-0.15, -0.1) is 0 Å². The van der Waals surface area contributed by atoms with Gasteiger partial charge in [-0.2, -0.15) is 0 Å². The molecule has 2 aliphatic heterocycles. The third kappa shape index (κ3) is 2.46. The van der Waals surface area contributed by atoms with Gasteiger partial charge >= 0.3 is 0 Å². The number of nitrogens with zero attached hydrogens (tertiary/aromatic N) is 2. The van der Waals surface area contributed by atoms with E-state index in [9.17, 15) is 4.79 Å². The van der Waals surface area contributed by atoms with Gasteiger partial charge in [0.2, 0.25) is 5.91 Å². The fourth-order valence-electron chi connectivity index (χ4n) is 2.90. The van der Waals surface area contributed by atoms with Crippen molar-refractivity contribution in [2.24, 2.45) is 5.73 Å². The van der Waals surface area contributed by atoms with Crippen molar-refractivity contribution in [3.05, 3.63) is 0 Å². The quantitative estimate of drug-likeness (QED) is 0.756. The maximum Gasteiger partial charge on any atom is 0.250 e. The van der Waals surface area contributed by atoms with E-state index in [0.29, 0.717) is 19.2 Å². The number of hydrogen-bond donors (Lipinski definition) is 1. The van der Waals surface area contributed by atoms with Crippen molar-refractivity contribution in [2.45, 2.75) is 44.9 Å². The lowest BCUT2D eigenvalue weighted by Gasteiger charge is -2.43. The van der Waals surface area contributed by atoms with Crippen molar-refractivity contribution in [3.63, 3.8) is 0 Å². The molecule has 0 bridgehead atoms. The highest BCUT2D eigenvalue weighted by Gasteiger charge is 2.39. The monoisotopic (exact) mass is 241 g/mol. The summed E-state index contributed by atoms with van der Waals surface area (Å²) >= 11 is 0. The maximum absolute atomic E-state index is 12.0. The summed E-state index contributed by atoms with van der Waals surface area (Å²) in [5.74, 6) is 0.0873. The van der Waals surface area contributed by atoms with Crippen LogP contribution < -0.4 is 5.73 Å². The number of nitrogens with two attached hydrogens (primary N) is 1.